The Hall–Kier alpha value is -4.49. The quantitative estimate of drug-likeness (QED) is 0.0160. The van der Waals surface area contributed by atoms with Gasteiger partial charge in [0, 0.05) is 11.6 Å². The number of halogens is 4. The van der Waals surface area contributed by atoms with Gasteiger partial charge in [0.25, 0.3) is 0 Å². The van der Waals surface area contributed by atoms with E-state index in [1.165, 1.54) is 140 Å². The molecule has 0 aliphatic rings. The summed E-state index contributed by atoms with van der Waals surface area (Å²) in [5.74, 6) is -5.37. The zero-order chi connectivity index (χ0) is 50.7. The van der Waals surface area contributed by atoms with Crippen molar-refractivity contribution in [2.24, 2.45) is 0 Å². The molecule has 0 spiro atoms. The van der Waals surface area contributed by atoms with E-state index in [0.717, 1.165) is 61.1 Å². The molecule has 0 aliphatic carbocycles. The molecule has 0 amide bonds. The zero-order valence-corrected chi connectivity index (χ0v) is 44.7. The molecule has 6 aromatic rings. The number of hydrogen-bond donors (Lipinski definition) is 0. The third-order valence-electron chi connectivity index (χ3n) is 11.2. The van der Waals surface area contributed by atoms with Crippen molar-refractivity contribution in [3.05, 3.63) is 180 Å². The molecule has 0 atom stereocenters. The first-order valence-corrected chi connectivity index (χ1v) is 27.8. The Bertz CT molecular complexity index is 2240. The Labute approximate surface area is 438 Å². The molecule has 0 aliphatic heterocycles. The second-order valence-corrected chi connectivity index (χ2v) is 20.2. The summed E-state index contributed by atoms with van der Waals surface area (Å²) in [5, 5.41) is 0. The molecule has 6 nitrogen and oxygen atoms in total. The summed E-state index contributed by atoms with van der Waals surface area (Å²) in [6.45, 7) is 4.46. The van der Waals surface area contributed by atoms with Gasteiger partial charge in [-0.3, -0.25) is 0 Å². The van der Waals surface area contributed by atoms with Gasteiger partial charge in [0.2, 0.25) is 0 Å². The summed E-state index contributed by atoms with van der Waals surface area (Å²) < 4.78 is 112. The van der Waals surface area contributed by atoms with Crippen molar-refractivity contribution < 1.29 is 64.5 Å². The van der Waals surface area contributed by atoms with E-state index in [2.05, 4.69) is 13.8 Å². The van der Waals surface area contributed by atoms with Crippen molar-refractivity contribution in [3.63, 3.8) is 0 Å². The molecule has 13 heteroatoms. The predicted molar refractivity (Wildman–Crippen MR) is 274 cm³/mol. The Morgan fingerprint density at radius 2 is 0.690 bits per heavy atom. The Morgan fingerprint density at radius 1 is 0.408 bits per heavy atom. The number of aryl methyl sites for hydroxylation is 2. The minimum Gasteiger partial charge on any atom is -0.440 e. The van der Waals surface area contributed by atoms with Crippen LogP contribution in [0.25, 0.3) is 0 Å². The van der Waals surface area contributed by atoms with Gasteiger partial charge in [-0.15, -0.1) is 36.4 Å². The van der Waals surface area contributed by atoms with Crippen LogP contribution in [-0.2, 0) is 54.8 Å². The number of hydrogen-bond acceptors (Lipinski definition) is 6. The van der Waals surface area contributed by atoms with Crippen LogP contribution in [0.1, 0.15) is 153 Å². The molecule has 0 heterocycles. The van der Waals surface area contributed by atoms with Gasteiger partial charge in [0.1, 0.15) is 9.79 Å². The molecule has 384 valence electrons. The maximum atomic E-state index is 13.6. The summed E-state index contributed by atoms with van der Waals surface area (Å²) in [4.78, 5) is -0.143. The largest absolute Gasteiger partial charge is 4.00 e. The monoisotopic (exact) mass is 1050 g/mol. The van der Waals surface area contributed by atoms with Gasteiger partial charge in [-0.25, -0.2) is 41.8 Å². The molecule has 6 rings (SSSR count). The second kappa shape index (κ2) is 37.3. The molecule has 6 aromatic carbocycles. The summed E-state index contributed by atoms with van der Waals surface area (Å²) in [6.07, 6.45) is 27.2. The van der Waals surface area contributed by atoms with Crippen molar-refractivity contribution in [1.29, 1.82) is 0 Å². The minimum atomic E-state index is -4.19. The third kappa shape index (κ3) is 27.8. The summed E-state index contributed by atoms with van der Waals surface area (Å²) >= 11 is 0. The fourth-order valence-corrected chi connectivity index (χ4v) is 9.10. The Morgan fingerprint density at radius 3 is 0.944 bits per heavy atom. The van der Waals surface area contributed by atoms with Crippen LogP contribution in [0.3, 0.4) is 0 Å². The molecule has 0 saturated heterocycles. The van der Waals surface area contributed by atoms with E-state index in [0.29, 0.717) is 0 Å². The molecule has 0 unspecified atom stereocenters. The molecule has 0 fully saturated rings. The van der Waals surface area contributed by atoms with Gasteiger partial charge >= 0.3 is 42.0 Å². The summed E-state index contributed by atoms with van der Waals surface area (Å²) in [5.41, 5.74) is 2.10. The average molecular weight is 1050 g/mol. The molecule has 0 saturated carbocycles. The summed E-state index contributed by atoms with van der Waals surface area (Å²) in [7, 11) is -8.38. The van der Waals surface area contributed by atoms with Crippen molar-refractivity contribution in [1.82, 2.24) is 0 Å². The topological polar surface area (TPSA) is 86.7 Å². The SMILES string of the molecule is CCCCCCCCCCCCc1ccc(S(=O)(=O)Oc2ccc(F)[c-]c2F)cc1.CCCCCCCCCCCCc1ccc(S(=O)(=O)Oc2ccc(F)[c-]c2F)cc1.[Ti+4].c1cc[cH-]c1.c1cc[cH-]c1. The van der Waals surface area contributed by atoms with Crippen molar-refractivity contribution in [2.75, 3.05) is 0 Å². The van der Waals surface area contributed by atoms with Gasteiger partial charge in [-0.2, -0.15) is 53.2 Å². The normalized spacial score (nSPS) is 10.9. The van der Waals surface area contributed by atoms with E-state index in [1.54, 1.807) is 36.4 Å². The second-order valence-electron chi connectivity index (χ2n) is 17.1. The van der Waals surface area contributed by atoms with Crippen molar-refractivity contribution in [3.8, 4) is 11.5 Å². The Balaban J connectivity index is 0.000000399. The number of unbranched alkanes of at least 4 members (excludes halogenated alkanes) is 18. The van der Waals surface area contributed by atoms with Crippen LogP contribution in [0.15, 0.2) is 143 Å². The third-order valence-corrected chi connectivity index (χ3v) is 13.7. The van der Waals surface area contributed by atoms with Gasteiger partial charge < -0.3 is 8.37 Å². The van der Waals surface area contributed by atoms with E-state index in [1.807, 2.05) is 60.7 Å². The molecule has 0 radical (unpaired) electrons. The van der Waals surface area contributed by atoms with Gasteiger partial charge in [-0.05, 0) is 61.1 Å². The van der Waals surface area contributed by atoms with Crippen LogP contribution < -0.4 is 8.37 Å². The molecular formula is C58H72F4O6S2Ti. The van der Waals surface area contributed by atoms with Crippen LogP contribution in [-0.4, -0.2) is 16.8 Å². The standard InChI is InChI=1S/2C24H31F2O3S.2C5H5.Ti/c2*1-2-3-4-5-6-7-8-9-10-11-12-20-13-16-22(17-14-20)30(27,28)29-24-18-15-21(25)19-23(24)26;2*1-2-4-5-3-1;/h2*13-18H,2-12H2,1H3;2*1-5H;/q4*-1;+4. The predicted octanol–water partition coefficient (Wildman–Crippen LogP) is 16.8. The maximum absolute atomic E-state index is 13.6. The molecule has 71 heavy (non-hydrogen) atoms. The van der Waals surface area contributed by atoms with E-state index >= 15 is 0 Å². The fourth-order valence-electron chi connectivity index (χ4n) is 7.24. The fraction of sp³-hybridized carbons (Fsp3) is 0.414. The van der Waals surface area contributed by atoms with Gasteiger partial charge in [0.15, 0.2) is 0 Å². The van der Waals surface area contributed by atoms with Gasteiger partial charge in [-0.1, -0.05) is 154 Å². The summed E-state index contributed by atoms with van der Waals surface area (Å²) in [6, 6.07) is 39.9. The average Bonchev–Trinajstić information content (AvgIpc) is 4.14. The molecule has 0 aromatic heterocycles. The number of rotatable bonds is 28. The van der Waals surface area contributed by atoms with Crippen LogP contribution in [0.4, 0.5) is 17.6 Å². The van der Waals surface area contributed by atoms with Crippen LogP contribution in [0.2, 0.25) is 0 Å². The van der Waals surface area contributed by atoms with Crippen LogP contribution >= 0.6 is 0 Å². The minimum absolute atomic E-state index is 0. The maximum Gasteiger partial charge on any atom is 4.00 e. The first-order chi connectivity index (χ1) is 33.8. The first-order valence-electron chi connectivity index (χ1n) is 25.0. The van der Waals surface area contributed by atoms with E-state index in [-0.39, 0.29) is 31.5 Å². The van der Waals surface area contributed by atoms with Crippen LogP contribution in [0.5, 0.6) is 11.5 Å². The zero-order valence-electron chi connectivity index (χ0n) is 41.5. The Kier molecular flexibility index (Phi) is 32.9. The molecule has 0 N–H and O–H groups in total. The smallest absolute Gasteiger partial charge is 0.440 e. The van der Waals surface area contributed by atoms with E-state index < -0.39 is 55.0 Å². The first kappa shape index (κ1) is 62.6. The number of benzene rings is 4. The van der Waals surface area contributed by atoms with Gasteiger partial charge in [0.05, 0.1) is 23.1 Å². The van der Waals surface area contributed by atoms with E-state index in [9.17, 15) is 34.4 Å². The van der Waals surface area contributed by atoms with Crippen molar-refractivity contribution >= 4 is 20.2 Å². The molecule has 0 bridgehead atoms. The molecular weight excluding hydrogens is 981 g/mol. The van der Waals surface area contributed by atoms with Crippen LogP contribution in [0, 0.1) is 35.4 Å². The van der Waals surface area contributed by atoms with E-state index in [4.69, 9.17) is 8.37 Å². The van der Waals surface area contributed by atoms with Crippen molar-refractivity contribution in [2.45, 2.75) is 165 Å².